The van der Waals surface area contributed by atoms with Crippen molar-refractivity contribution < 1.29 is 19.7 Å². The van der Waals surface area contributed by atoms with Crippen molar-refractivity contribution >= 4 is 23.2 Å². The van der Waals surface area contributed by atoms with Crippen molar-refractivity contribution in [2.45, 2.75) is 18.9 Å². The van der Waals surface area contributed by atoms with Crippen LogP contribution in [0.3, 0.4) is 0 Å². The normalized spacial score (nSPS) is 17.0. The molecular formula is C17H16N2O4. The first kappa shape index (κ1) is 15.2. The van der Waals surface area contributed by atoms with E-state index in [9.17, 15) is 14.8 Å². The molecule has 1 N–H and O–H groups in total. The Morgan fingerprint density at radius 2 is 1.26 bits per heavy atom. The molecule has 2 amide bonds. The van der Waals surface area contributed by atoms with E-state index in [1.54, 1.807) is 55.5 Å². The monoisotopic (exact) mass is 312 g/mol. The molecule has 6 nitrogen and oxygen atoms in total. The molecule has 0 aromatic heterocycles. The summed E-state index contributed by atoms with van der Waals surface area (Å²) in [6.07, 6.45) is 0.0217. The van der Waals surface area contributed by atoms with Crippen LogP contribution in [0.1, 0.15) is 13.3 Å². The number of carbonyl (C=O) groups excluding carboxylic acids is 2. The van der Waals surface area contributed by atoms with Gasteiger partial charge < -0.3 is 0 Å². The van der Waals surface area contributed by atoms with Gasteiger partial charge in [0.2, 0.25) is 0 Å². The van der Waals surface area contributed by atoms with Crippen molar-refractivity contribution in [1.29, 1.82) is 0 Å². The number of hydrogen-bond acceptors (Lipinski definition) is 4. The molecule has 2 aromatic rings. The Kier molecular flexibility index (Phi) is 3.85. The number of carbonyl (C=O) groups is 2. The van der Waals surface area contributed by atoms with Crippen molar-refractivity contribution in [1.82, 2.24) is 0 Å². The quantitative estimate of drug-likeness (QED) is 0.535. The first-order valence-electron chi connectivity index (χ1n) is 7.27. The fourth-order valence-electron chi connectivity index (χ4n) is 2.66. The SMILES string of the molecule is CCC1(OO)C(=O)N(c2ccccc2)N(c2ccccc2)C1=O. The second kappa shape index (κ2) is 5.83. The first-order chi connectivity index (χ1) is 11.2. The van der Waals surface area contributed by atoms with Gasteiger partial charge in [0.05, 0.1) is 11.4 Å². The van der Waals surface area contributed by atoms with Gasteiger partial charge in [0, 0.05) is 0 Å². The Balaban J connectivity index is 2.17. The minimum Gasteiger partial charge on any atom is -0.268 e. The maximum atomic E-state index is 12.9. The lowest BCUT2D eigenvalue weighted by Crippen LogP contribution is -2.45. The molecule has 118 valence electrons. The van der Waals surface area contributed by atoms with Gasteiger partial charge in [0.1, 0.15) is 0 Å². The van der Waals surface area contributed by atoms with Crippen LogP contribution < -0.4 is 10.0 Å². The van der Waals surface area contributed by atoms with Crippen molar-refractivity contribution in [2.75, 3.05) is 10.0 Å². The summed E-state index contributed by atoms with van der Waals surface area (Å²) in [4.78, 5) is 30.1. The minimum absolute atomic E-state index is 0.0217. The lowest BCUT2D eigenvalue weighted by molar-refractivity contribution is -0.298. The van der Waals surface area contributed by atoms with E-state index in [1.807, 2.05) is 12.1 Å². The van der Waals surface area contributed by atoms with Crippen LogP contribution in [0.4, 0.5) is 11.4 Å². The Morgan fingerprint density at radius 1 is 0.870 bits per heavy atom. The van der Waals surface area contributed by atoms with E-state index in [-0.39, 0.29) is 6.42 Å². The predicted octanol–water partition coefficient (Wildman–Crippen LogP) is 2.62. The molecule has 23 heavy (non-hydrogen) atoms. The molecule has 1 fully saturated rings. The number of anilines is 2. The van der Waals surface area contributed by atoms with Crippen LogP contribution in [0.25, 0.3) is 0 Å². The summed E-state index contributed by atoms with van der Waals surface area (Å²) in [5, 5.41) is 11.8. The minimum atomic E-state index is -1.92. The highest BCUT2D eigenvalue weighted by Gasteiger charge is 2.60. The summed E-state index contributed by atoms with van der Waals surface area (Å²) in [5.74, 6) is -1.25. The number of rotatable bonds is 4. The molecule has 3 rings (SSSR count). The molecule has 1 aliphatic heterocycles. The van der Waals surface area contributed by atoms with E-state index in [4.69, 9.17) is 0 Å². The molecule has 0 spiro atoms. The van der Waals surface area contributed by atoms with Crippen LogP contribution >= 0.6 is 0 Å². The zero-order chi connectivity index (χ0) is 16.4. The molecule has 2 aromatic carbocycles. The van der Waals surface area contributed by atoms with Gasteiger partial charge >= 0.3 is 0 Å². The Bertz CT molecular complexity index is 654. The second-order valence-corrected chi connectivity index (χ2v) is 5.18. The average molecular weight is 312 g/mol. The van der Waals surface area contributed by atoms with Gasteiger partial charge in [-0.3, -0.25) is 14.8 Å². The third kappa shape index (κ3) is 2.19. The number of amides is 2. The highest BCUT2D eigenvalue weighted by Crippen LogP contribution is 2.36. The van der Waals surface area contributed by atoms with E-state index >= 15 is 0 Å². The molecule has 0 unspecified atom stereocenters. The average Bonchev–Trinajstić information content (AvgIpc) is 2.84. The summed E-state index contributed by atoms with van der Waals surface area (Å²) in [6.45, 7) is 1.61. The van der Waals surface area contributed by atoms with Gasteiger partial charge in [-0.1, -0.05) is 43.3 Å². The standard InChI is InChI=1S/C17H16N2O4/c1-2-17(23-22)15(20)18(13-9-5-3-6-10-13)19(16(17)21)14-11-7-4-8-12-14/h3-12,22H,2H2,1H3. The largest absolute Gasteiger partial charge is 0.291 e. The third-order valence-corrected chi connectivity index (χ3v) is 3.93. The third-order valence-electron chi connectivity index (χ3n) is 3.93. The van der Waals surface area contributed by atoms with E-state index < -0.39 is 17.4 Å². The van der Waals surface area contributed by atoms with Gasteiger partial charge in [-0.15, -0.1) is 0 Å². The van der Waals surface area contributed by atoms with Crippen molar-refractivity contribution in [3.8, 4) is 0 Å². The van der Waals surface area contributed by atoms with E-state index in [0.717, 1.165) is 0 Å². The van der Waals surface area contributed by atoms with Crippen LogP contribution in [0.5, 0.6) is 0 Å². The summed E-state index contributed by atoms with van der Waals surface area (Å²) < 4.78 is 0. The number of benzene rings is 2. The molecule has 0 bridgehead atoms. The highest BCUT2D eigenvalue weighted by atomic mass is 17.1. The summed E-state index contributed by atoms with van der Waals surface area (Å²) in [7, 11) is 0. The van der Waals surface area contributed by atoms with Gasteiger partial charge in [0.15, 0.2) is 0 Å². The second-order valence-electron chi connectivity index (χ2n) is 5.18. The van der Waals surface area contributed by atoms with Crippen LogP contribution in [0.15, 0.2) is 60.7 Å². The van der Waals surface area contributed by atoms with Gasteiger partial charge in [0.25, 0.3) is 17.4 Å². The fourth-order valence-corrected chi connectivity index (χ4v) is 2.66. The van der Waals surface area contributed by atoms with Crippen molar-refractivity contribution in [3.63, 3.8) is 0 Å². The molecule has 1 heterocycles. The van der Waals surface area contributed by atoms with Gasteiger partial charge in [-0.2, -0.15) is 0 Å². The molecule has 6 heteroatoms. The number of hydrogen-bond donors (Lipinski definition) is 1. The zero-order valence-corrected chi connectivity index (χ0v) is 12.5. The van der Waals surface area contributed by atoms with Gasteiger partial charge in [-0.05, 0) is 30.7 Å². The van der Waals surface area contributed by atoms with Crippen molar-refractivity contribution in [2.24, 2.45) is 0 Å². The number of nitrogens with zero attached hydrogens (tertiary/aromatic N) is 2. The van der Waals surface area contributed by atoms with Crippen LogP contribution in [-0.4, -0.2) is 22.7 Å². The maximum absolute atomic E-state index is 12.9. The molecule has 0 atom stereocenters. The van der Waals surface area contributed by atoms with Crippen LogP contribution in [0, 0.1) is 0 Å². The molecule has 0 saturated carbocycles. The lowest BCUT2D eigenvalue weighted by atomic mass is 10.00. The summed E-state index contributed by atoms with van der Waals surface area (Å²) in [6, 6.07) is 17.5. The van der Waals surface area contributed by atoms with Crippen LogP contribution in [-0.2, 0) is 14.5 Å². The smallest absolute Gasteiger partial charge is 0.268 e. The first-order valence-corrected chi connectivity index (χ1v) is 7.27. The molecular weight excluding hydrogens is 296 g/mol. The Hall–Kier alpha value is -2.70. The Morgan fingerprint density at radius 3 is 1.57 bits per heavy atom. The lowest BCUT2D eigenvalue weighted by Gasteiger charge is -2.27. The molecule has 1 aliphatic rings. The van der Waals surface area contributed by atoms with Crippen LogP contribution in [0.2, 0.25) is 0 Å². The fraction of sp³-hybridized carbons (Fsp3) is 0.176. The van der Waals surface area contributed by atoms with E-state index in [1.165, 1.54) is 10.0 Å². The number of hydrazine groups is 1. The maximum Gasteiger partial charge on any atom is 0.291 e. The van der Waals surface area contributed by atoms with E-state index in [0.29, 0.717) is 11.4 Å². The number of para-hydroxylation sites is 2. The van der Waals surface area contributed by atoms with E-state index in [2.05, 4.69) is 4.89 Å². The van der Waals surface area contributed by atoms with Gasteiger partial charge in [-0.25, -0.2) is 14.9 Å². The molecule has 0 aliphatic carbocycles. The topological polar surface area (TPSA) is 70.1 Å². The summed E-state index contributed by atoms with van der Waals surface area (Å²) >= 11 is 0. The van der Waals surface area contributed by atoms with Crippen molar-refractivity contribution in [3.05, 3.63) is 60.7 Å². The zero-order valence-electron chi connectivity index (χ0n) is 12.5. The highest BCUT2D eigenvalue weighted by molar-refractivity contribution is 6.28. The molecule has 1 saturated heterocycles. The predicted molar refractivity (Wildman–Crippen MR) is 84.6 cm³/mol. The Labute approximate surface area is 133 Å². The summed E-state index contributed by atoms with van der Waals surface area (Å²) in [5.41, 5.74) is -0.893. The molecule has 0 radical (unpaired) electrons.